The zero-order valence-corrected chi connectivity index (χ0v) is 9.44. The van der Waals surface area contributed by atoms with Crippen molar-refractivity contribution in [3.63, 3.8) is 0 Å². The quantitative estimate of drug-likeness (QED) is 0.719. The zero-order chi connectivity index (χ0) is 11.1. The van der Waals surface area contributed by atoms with Crippen LogP contribution in [0.1, 0.15) is 47.9 Å². The maximum atomic E-state index is 11.3. The lowest BCUT2D eigenvalue weighted by atomic mass is 9.87. The summed E-state index contributed by atoms with van der Waals surface area (Å²) >= 11 is 0. The summed E-state index contributed by atoms with van der Waals surface area (Å²) in [5, 5.41) is 0. The van der Waals surface area contributed by atoms with E-state index in [0.717, 1.165) is 17.6 Å². The minimum absolute atomic E-state index is 0.334. The summed E-state index contributed by atoms with van der Waals surface area (Å²) in [4.78, 5) is 11.3. The molecule has 2 bridgehead atoms. The van der Waals surface area contributed by atoms with Gasteiger partial charge in [0.25, 0.3) is 0 Å². The molecule has 2 fully saturated rings. The second-order valence-electron chi connectivity index (χ2n) is 4.97. The van der Waals surface area contributed by atoms with E-state index < -0.39 is 0 Å². The van der Waals surface area contributed by atoms with Crippen molar-refractivity contribution in [1.29, 1.82) is 0 Å². The maximum absolute atomic E-state index is 11.3. The van der Waals surface area contributed by atoms with Crippen molar-refractivity contribution >= 4 is 5.97 Å². The Kier molecular flexibility index (Phi) is 2.27. The van der Waals surface area contributed by atoms with Crippen LogP contribution in [0.3, 0.4) is 0 Å². The van der Waals surface area contributed by atoms with Crippen LogP contribution in [-0.2, 0) is 4.74 Å². The van der Waals surface area contributed by atoms with E-state index in [4.69, 9.17) is 4.42 Å². The monoisotopic (exact) mass is 220 g/mol. The van der Waals surface area contributed by atoms with Crippen molar-refractivity contribution in [3.8, 4) is 0 Å². The fourth-order valence-corrected chi connectivity index (χ4v) is 3.36. The summed E-state index contributed by atoms with van der Waals surface area (Å²) in [5.41, 5.74) is 0. The molecule has 2 aliphatic rings. The predicted octanol–water partition coefficient (Wildman–Crippen LogP) is 2.97. The third-order valence-electron chi connectivity index (χ3n) is 4.12. The Morgan fingerprint density at radius 1 is 1.38 bits per heavy atom. The van der Waals surface area contributed by atoms with Crippen LogP contribution in [-0.4, -0.2) is 13.1 Å². The normalized spacial score (nSPS) is 31.9. The molecule has 3 heteroatoms. The molecule has 86 valence electrons. The molecule has 1 heterocycles. The number of fused-ring (bicyclic) bond motifs is 2. The second-order valence-corrected chi connectivity index (χ2v) is 4.97. The lowest BCUT2D eigenvalue weighted by molar-refractivity contribution is 0.0561. The first-order valence-corrected chi connectivity index (χ1v) is 5.96. The van der Waals surface area contributed by atoms with Gasteiger partial charge in [-0.15, -0.1) is 0 Å². The SMILES string of the molecule is COC(=O)c1ccc([C@@H]2C[C@H]3CC[C@@H]2C3)o1. The largest absolute Gasteiger partial charge is 0.463 e. The summed E-state index contributed by atoms with van der Waals surface area (Å²) in [6.07, 6.45) is 5.28. The van der Waals surface area contributed by atoms with Crippen LogP contribution in [0.2, 0.25) is 0 Å². The molecule has 2 aliphatic carbocycles. The summed E-state index contributed by atoms with van der Waals surface area (Å²) in [6, 6.07) is 3.67. The van der Waals surface area contributed by atoms with Gasteiger partial charge in [0.15, 0.2) is 0 Å². The van der Waals surface area contributed by atoms with Crippen molar-refractivity contribution in [2.75, 3.05) is 7.11 Å². The molecule has 0 aliphatic heterocycles. The molecule has 0 amide bonds. The first kappa shape index (κ1) is 9.94. The molecule has 0 saturated heterocycles. The Hall–Kier alpha value is -1.25. The van der Waals surface area contributed by atoms with Gasteiger partial charge in [0, 0.05) is 5.92 Å². The van der Waals surface area contributed by atoms with E-state index in [1.807, 2.05) is 6.07 Å². The average molecular weight is 220 g/mol. The van der Waals surface area contributed by atoms with E-state index in [1.54, 1.807) is 6.07 Å². The highest BCUT2D eigenvalue weighted by Gasteiger charge is 2.41. The molecule has 0 aromatic carbocycles. The molecule has 0 N–H and O–H groups in total. The van der Waals surface area contributed by atoms with Gasteiger partial charge in [-0.05, 0) is 43.2 Å². The van der Waals surface area contributed by atoms with Gasteiger partial charge in [0.1, 0.15) is 5.76 Å². The molecule has 2 saturated carbocycles. The summed E-state index contributed by atoms with van der Waals surface area (Å²) in [7, 11) is 1.38. The van der Waals surface area contributed by atoms with E-state index in [1.165, 1.54) is 32.8 Å². The van der Waals surface area contributed by atoms with Gasteiger partial charge in [0.05, 0.1) is 7.11 Å². The molecule has 3 nitrogen and oxygen atoms in total. The first-order chi connectivity index (χ1) is 7.78. The van der Waals surface area contributed by atoms with Gasteiger partial charge in [-0.2, -0.15) is 0 Å². The molecule has 16 heavy (non-hydrogen) atoms. The smallest absolute Gasteiger partial charge is 0.373 e. The van der Waals surface area contributed by atoms with Crippen molar-refractivity contribution < 1.29 is 13.9 Å². The summed E-state index contributed by atoms with van der Waals surface area (Å²) in [6.45, 7) is 0. The van der Waals surface area contributed by atoms with Gasteiger partial charge < -0.3 is 9.15 Å². The maximum Gasteiger partial charge on any atom is 0.373 e. The molecule has 1 aromatic rings. The Morgan fingerprint density at radius 2 is 2.25 bits per heavy atom. The highest BCUT2D eigenvalue weighted by molar-refractivity contribution is 5.86. The fourth-order valence-electron chi connectivity index (χ4n) is 3.36. The first-order valence-electron chi connectivity index (χ1n) is 5.96. The van der Waals surface area contributed by atoms with Crippen molar-refractivity contribution in [1.82, 2.24) is 0 Å². The number of hydrogen-bond donors (Lipinski definition) is 0. The standard InChI is InChI=1S/C13H16O3/c1-15-13(14)12-5-4-11(16-12)10-7-8-2-3-9(10)6-8/h4-5,8-10H,2-3,6-7H2,1H3/t8-,9+,10+/m0/s1. The van der Waals surface area contributed by atoms with Gasteiger partial charge in [0.2, 0.25) is 5.76 Å². The Balaban J connectivity index is 1.80. The van der Waals surface area contributed by atoms with Crippen molar-refractivity contribution in [2.24, 2.45) is 11.8 Å². The summed E-state index contributed by atoms with van der Waals surface area (Å²) < 4.78 is 10.2. The van der Waals surface area contributed by atoms with Gasteiger partial charge in [-0.3, -0.25) is 0 Å². The van der Waals surface area contributed by atoms with E-state index in [-0.39, 0.29) is 5.97 Å². The highest BCUT2D eigenvalue weighted by atomic mass is 16.5. The van der Waals surface area contributed by atoms with Crippen LogP contribution in [0.5, 0.6) is 0 Å². The number of esters is 1. The minimum atomic E-state index is -0.380. The fraction of sp³-hybridized carbons (Fsp3) is 0.615. The van der Waals surface area contributed by atoms with Gasteiger partial charge in [-0.1, -0.05) is 6.42 Å². The molecule has 0 unspecified atom stereocenters. The van der Waals surface area contributed by atoms with Crippen LogP contribution >= 0.6 is 0 Å². The van der Waals surface area contributed by atoms with Crippen LogP contribution < -0.4 is 0 Å². The Bertz CT molecular complexity index is 407. The summed E-state index contributed by atoms with van der Waals surface area (Å²) in [5.74, 6) is 3.14. The van der Waals surface area contributed by atoms with Gasteiger partial charge >= 0.3 is 5.97 Å². The molecular formula is C13H16O3. The molecular weight excluding hydrogens is 204 g/mol. The van der Waals surface area contributed by atoms with Gasteiger partial charge in [-0.25, -0.2) is 4.79 Å². The lowest BCUT2D eigenvalue weighted by Crippen LogP contribution is -2.07. The third-order valence-corrected chi connectivity index (χ3v) is 4.12. The Morgan fingerprint density at radius 3 is 2.88 bits per heavy atom. The Labute approximate surface area is 94.8 Å². The second kappa shape index (κ2) is 3.65. The van der Waals surface area contributed by atoms with Crippen molar-refractivity contribution in [2.45, 2.75) is 31.6 Å². The van der Waals surface area contributed by atoms with E-state index in [2.05, 4.69) is 4.74 Å². The van der Waals surface area contributed by atoms with Crippen LogP contribution in [0, 0.1) is 11.8 Å². The van der Waals surface area contributed by atoms with E-state index in [9.17, 15) is 4.79 Å². The molecule has 0 radical (unpaired) electrons. The minimum Gasteiger partial charge on any atom is -0.463 e. The van der Waals surface area contributed by atoms with Crippen molar-refractivity contribution in [3.05, 3.63) is 23.7 Å². The number of hydrogen-bond acceptors (Lipinski definition) is 3. The predicted molar refractivity (Wildman–Crippen MR) is 58.2 cm³/mol. The average Bonchev–Trinajstić information content (AvgIpc) is 3.02. The third kappa shape index (κ3) is 1.46. The zero-order valence-electron chi connectivity index (χ0n) is 9.44. The number of carbonyl (C=O) groups is 1. The van der Waals surface area contributed by atoms with E-state index >= 15 is 0 Å². The number of ether oxygens (including phenoxy) is 1. The molecule has 3 rings (SSSR count). The number of furan rings is 1. The number of rotatable bonds is 2. The number of carbonyl (C=O) groups excluding carboxylic acids is 1. The topological polar surface area (TPSA) is 39.4 Å². The van der Waals surface area contributed by atoms with Crippen LogP contribution in [0.25, 0.3) is 0 Å². The molecule has 3 atom stereocenters. The molecule has 0 spiro atoms. The van der Waals surface area contributed by atoms with Crippen LogP contribution in [0.4, 0.5) is 0 Å². The van der Waals surface area contributed by atoms with Crippen LogP contribution in [0.15, 0.2) is 16.5 Å². The van der Waals surface area contributed by atoms with E-state index in [0.29, 0.717) is 11.7 Å². The number of methoxy groups -OCH3 is 1. The highest BCUT2D eigenvalue weighted by Crippen LogP contribution is 2.53. The molecule has 1 aromatic heterocycles. The lowest BCUT2D eigenvalue weighted by Gasteiger charge is -2.18.